The maximum Gasteiger partial charge on any atom is 0.258 e. The molecular formula is C18H13Cl2FN4O. The monoisotopic (exact) mass is 390 g/mol. The maximum absolute atomic E-state index is 13.6. The summed E-state index contributed by atoms with van der Waals surface area (Å²) in [5.74, 6) is -0.449. The van der Waals surface area contributed by atoms with E-state index in [1.54, 1.807) is 36.4 Å². The minimum Gasteiger partial charge on any atom is -0.350 e. The molecule has 0 fully saturated rings. The zero-order chi connectivity index (χ0) is 18.5. The minimum absolute atomic E-state index is 0.232. The Morgan fingerprint density at radius 3 is 2.54 bits per heavy atom. The topological polar surface area (TPSA) is 66.9 Å². The lowest BCUT2D eigenvalue weighted by Crippen LogP contribution is -2.14. The lowest BCUT2D eigenvalue weighted by Gasteiger charge is -2.08. The van der Waals surface area contributed by atoms with Crippen molar-refractivity contribution < 1.29 is 9.18 Å². The van der Waals surface area contributed by atoms with E-state index in [-0.39, 0.29) is 23.9 Å². The summed E-state index contributed by atoms with van der Waals surface area (Å²) in [6, 6.07) is 11.2. The van der Waals surface area contributed by atoms with E-state index in [1.165, 1.54) is 18.5 Å². The summed E-state index contributed by atoms with van der Waals surface area (Å²) in [7, 11) is 0. The second kappa shape index (κ2) is 8.12. The molecule has 26 heavy (non-hydrogen) atoms. The van der Waals surface area contributed by atoms with Crippen LogP contribution in [-0.2, 0) is 6.54 Å². The van der Waals surface area contributed by atoms with E-state index in [0.717, 1.165) is 0 Å². The number of halogens is 3. The van der Waals surface area contributed by atoms with Gasteiger partial charge in [0.2, 0.25) is 5.95 Å². The zero-order valence-electron chi connectivity index (χ0n) is 13.3. The highest BCUT2D eigenvalue weighted by atomic mass is 35.5. The van der Waals surface area contributed by atoms with E-state index in [1.807, 2.05) is 0 Å². The van der Waals surface area contributed by atoms with Crippen LogP contribution in [0.15, 0.2) is 54.9 Å². The van der Waals surface area contributed by atoms with Crippen LogP contribution in [0.4, 0.5) is 16.0 Å². The van der Waals surface area contributed by atoms with Crippen LogP contribution in [-0.4, -0.2) is 15.9 Å². The molecule has 1 heterocycles. The molecule has 5 nitrogen and oxygen atoms in total. The van der Waals surface area contributed by atoms with Gasteiger partial charge < -0.3 is 10.6 Å². The molecule has 1 aromatic heterocycles. The van der Waals surface area contributed by atoms with Crippen molar-refractivity contribution in [3.8, 4) is 0 Å². The van der Waals surface area contributed by atoms with Crippen molar-refractivity contribution in [1.82, 2.24) is 9.97 Å². The van der Waals surface area contributed by atoms with Gasteiger partial charge in [0.25, 0.3) is 5.91 Å². The summed E-state index contributed by atoms with van der Waals surface area (Å²) in [5.41, 5.74) is 1.14. The van der Waals surface area contributed by atoms with E-state index in [4.69, 9.17) is 23.2 Å². The van der Waals surface area contributed by atoms with Crippen molar-refractivity contribution >= 4 is 40.7 Å². The number of nitrogens with one attached hydrogen (secondary N) is 2. The molecule has 0 radical (unpaired) electrons. The number of rotatable bonds is 5. The first kappa shape index (κ1) is 18.1. The number of aromatic nitrogens is 2. The third-order valence-electron chi connectivity index (χ3n) is 3.49. The molecule has 8 heteroatoms. The van der Waals surface area contributed by atoms with Gasteiger partial charge in [0, 0.05) is 29.5 Å². The average Bonchev–Trinajstić information content (AvgIpc) is 2.64. The molecule has 3 aromatic rings. The third kappa shape index (κ3) is 4.47. The molecule has 0 unspecified atom stereocenters. The fraction of sp³-hybridized carbons (Fsp3) is 0.0556. The molecule has 0 aliphatic carbocycles. The molecule has 3 rings (SSSR count). The highest BCUT2D eigenvalue weighted by Crippen LogP contribution is 2.25. The highest BCUT2D eigenvalue weighted by Gasteiger charge is 2.10. The number of hydrogen-bond donors (Lipinski definition) is 2. The molecular weight excluding hydrogens is 378 g/mol. The maximum atomic E-state index is 13.6. The number of amides is 1. The Morgan fingerprint density at radius 1 is 1.08 bits per heavy atom. The number of benzene rings is 2. The first-order valence-electron chi connectivity index (χ1n) is 7.58. The van der Waals surface area contributed by atoms with Crippen molar-refractivity contribution in [1.29, 1.82) is 0 Å². The van der Waals surface area contributed by atoms with Crippen molar-refractivity contribution in [2.24, 2.45) is 0 Å². The summed E-state index contributed by atoms with van der Waals surface area (Å²) in [6.07, 6.45) is 2.73. The highest BCUT2D eigenvalue weighted by molar-refractivity contribution is 6.35. The van der Waals surface area contributed by atoms with E-state index in [2.05, 4.69) is 20.6 Å². The second-order valence-electron chi connectivity index (χ2n) is 5.32. The molecule has 2 N–H and O–H groups in total. The van der Waals surface area contributed by atoms with E-state index < -0.39 is 5.91 Å². The van der Waals surface area contributed by atoms with Crippen LogP contribution in [0.25, 0.3) is 0 Å². The Kier molecular flexibility index (Phi) is 5.65. The van der Waals surface area contributed by atoms with E-state index >= 15 is 0 Å². The van der Waals surface area contributed by atoms with Gasteiger partial charge in [-0.1, -0.05) is 41.4 Å². The van der Waals surface area contributed by atoms with Crippen LogP contribution in [0.2, 0.25) is 10.0 Å². The third-order valence-corrected chi connectivity index (χ3v) is 4.05. The van der Waals surface area contributed by atoms with Gasteiger partial charge in [-0.3, -0.25) is 4.79 Å². The Balaban J connectivity index is 1.64. The molecule has 132 valence electrons. The van der Waals surface area contributed by atoms with Gasteiger partial charge in [-0.2, -0.15) is 0 Å². The van der Waals surface area contributed by atoms with Crippen LogP contribution in [0.3, 0.4) is 0 Å². The first-order chi connectivity index (χ1) is 12.5. The number of nitrogens with zero attached hydrogens (tertiary/aromatic N) is 2. The fourth-order valence-corrected chi connectivity index (χ4v) is 2.48. The lowest BCUT2D eigenvalue weighted by atomic mass is 10.2. The van der Waals surface area contributed by atoms with E-state index in [0.29, 0.717) is 21.3 Å². The normalized spacial score (nSPS) is 10.4. The first-order valence-corrected chi connectivity index (χ1v) is 8.34. The smallest absolute Gasteiger partial charge is 0.258 e. The van der Waals surface area contributed by atoms with Gasteiger partial charge in [-0.05, 0) is 24.3 Å². The predicted octanol–water partition coefficient (Wildman–Crippen LogP) is 4.79. The molecule has 0 aliphatic heterocycles. The van der Waals surface area contributed by atoms with Crippen molar-refractivity contribution in [2.45, 2.75) is 6.54 Å². The number of hydrogen-bond acceptors (Lipinski definition) is 4. The molecule has 1 amide bonds. The Labute approximate surface area is 159 Å². The SMILES string of the molecule is O=C(Nc1cc(Cl)ccc1Cl)c1cnc(NCc2ccccc2F)nc1. The minimum atomic E-state index is -0.421. The fourth-order valence-electron chi connectivity index (χ4n) is 2.14. The number of carbonyl (C=O) groups is 1. The molecule has 0 saturated heterocycles. The van der Waals surface area contributed by atoms with Gasteiger partial charge in [0.05, 0.1) is 16.3 Å². The summed E-state index contributed by atoms with van der Waals surface area (Å²) >= 11 is 11.9. The van der Waals surface area contributed by atoms with Crippen LogP contribution >= 0.6 is 23.2 Å². The number of carbonyl (C=O) groups excluding carboxylic acids is 1. The van der Waals surface area contributed by atoms with Gasteiger partial charge in [0.1, 0.15) is 5.82 Å². The van der Waals surface area contributed by atoms with Gasteiger partial charge in [0.15, 0.2) is 0 Å². The van der Waals surface area contributed by atoms with E-state index in [9.17, 15) is 9.18 Å². The Hall–Kier alpha value is -2.70. The van der Waals surface area contributed by atoms with Gasteiger partial charge >= 0.3 is 0 Å². The second-order valence-corrected chi connectivity index (χ2v) is 6.16. The van der Waals surface area contributed by atoms with Crippen LogP contribution < -0.4 is 10.6 Å². The molecule has 0 saturated carbocycles. The standard InChI is InChI=1S/C18H13Cl2FN4O/c19-13-5-6-14(20)16(7-13)25-17(26)12-9-23-18(24-10-12)22-8-11-3-1-2-4-15(11)21/h1-7,9-10H,8H2,(H,25,26)(H,22,23,24). The van der Waals surface area contributed by atoms with Crippen LogP contribution in [0, 0.1) is 5.82 Å². The summed E-state index contributed by atoms with van der Waals surface area (Å²) < 4.78 is 13.6. The van der Waals surface area contributed by atoms with Gasteiger partial charge in [-0.25, -0.2) is 14.4 Å². The van der Waals surface area contributed by atoms with Crippen LogP contribution in [0.1, 0.15) is 15.9 Å². The lowest BCUT2D eigenvalue weighted by molar-refractivity contribution is 0.102. The predicted molar refractivity (Wildman–Crippen MR) is 100 cm³/mol. The Bertz CT molecular complexity index is 935. The molecule has 0 atom stereocenters. The Morgan fingerprint density at radius 2 is 1.81 bits per heavy atom. The summed E-state index contributed by atoms with van der Waals surface area (Å²) in [4.78, 5) is 20.4. The largest absolute Gasteiger partial charge is 0.350 e. The molecule has 2 aromatic carbocycles. The quantitative estimate of drug-likeness (QED) is 0.657. The van der Waals surface area contributed by atoms with Crippen molar-refractivity contribution in [2.75, 3.05) is 10.6 Å². The number of anilines is 2. The van der Waals surface area contributed by atoms with Crippen molar-refractivity contribution in [3.63, 3.8) is 0 Å². The van der Waals surface area contributed by atoms with Crippen LogP contribution in [0.5, 0.6) is 0 Å². The summed E-state index contributed by atoms with van der Waals surface area (Å²) in [5, 5.41) is 6.37. The van der Waals surface area contributed by atoms with Crippen molar-refractivity contribution in [3.05, 3.63) is 81.8 Å². The molecule has 0 spiro atoms. The molecule has 0 aliphatic rings. The zero-order valence-corrected chi connectivity index (χ0v) is 14.9. The van der Waals surface area contributed by atoms with Gasteiger partial charge in [-0.15, -0.1) is 0 Å². The average molecular weight is 391 g/mol. The molecule has 0 bridgehead atoms. The summed E-state index contributed by atoms with van der Waals surface area (Å²) in [6.45, 7) is 0.232.